The summed E-state index contributed by atoms with van der Waals surface area (Å²) in [5.74, 6) is -0.752. The molecule has 0 aliphatic carbocycles. The molecule has 0 amide bonds. The summed E-state index contributed by atoms with van der Waals surface area (Å²) in [6.45, 7) is 0. The fraction of sp³-hybridized carbons (Fsp3) is 0.154. The average Bonchev–Trinajstić information content (AvgIpc) is 2.55. The third kappa shape index (κ3) is 3.33. The molecular formula is C13H10Cl2N4O4. The highest BCUT2D eigenvalue weighted by Crippen LogP contribution is 2.36. The van der Waals surface area contributed by atoms with Crippen molar-refractivity contribution in [2.75, 3.05) is 19.1 Å². The molecule has 1 aromatic carbocycles. The number of esters is 1. The lowest BCUT2D eigenvalue weighted by Gasteiger charge is -2.20. The first-order valence-electron chi connectivity index (χ1n) is 6.15. The molecule has 0 unspecified atom stereocenters. The first-order valence-corrected chi connectivity index (χ1v) is 6.91. The minimum Gasteiger partial charge on any atom is -0.464 e. The van der Waals surface area contributed by atoms with Gasteiger partial charge < -0.3 is 9.64 Å². The number of hydrogen-bond acceptors (Lipinski definition) is 7. The van der Waals surface area contributed by atoms with E-state index in [0.29, 0.717) is 0 Å². The molecule has 2 rings (SSSR count). The fourth-order valence-corrected chi connectivity index (χ4v) is 2.33. The van der Waals surface area contributed by atoms with Gasteiger partial charge in [-0.25, -0.2) is 9.78 Å². The van der Waals surface area contributed by atoms with E-state index in [1.165, 1.54) is 37.3 Å². The highest BCUT2D eigenvalue weighted by molar-refractivity contribution is 6.36. The van der Waals surface area contributed by atoms with Gasteiger partial charge in [-0.1, -0.05) is 23.7 Å². The highest BCUT2D eigenvalue weighted by atomic mass is 35.5. The quantitative estimate of drug-likeness (QED) is 0.358. The summed E-state index contributed by atoms with van der Waals surface area (Å²) in [5.41, 5.74) is -0.153. The zero-order valence-corrected chi connectivity index (χ0v) is 13.5. The number of rotatable bonds is 4. The number of nitrogens with zero attached hydrogens (tertiary/aromatic N) is 4. The van der Waals surface area contributed by atoms with Crippen LogP contribution in [0.2, 0.25) is 10.3 Å². The van der Waals surface area contributed by atoms with E-state index in [1.807, 2.05) is 0 Å². The molecule has 1 heterocycles. The number of para-hydroxylation sites is 2. The van der Waals surface area contributed by atoms with Gasteiger partial charge in [0.25, 0.3) is 5.69 Å². The molecule has 8 nitrogen and oxygen atoms in total. The minimum absolute atomic E-state index is 0.0429. The predicted molar refractivity (Wildman–Crippen MR) is 84.6 cm³/mol. The van der Waals surface area contributed by atoms with Gasteiger partial charge in [0.2, 0.25) is 5.28 Å². The number of halogens is 2. The molecule has 0 aliphatic rings. The monoisotopic (exact) mass is 356 g/mol. The van der Waals surface area contributed by atoms with Gasteiger partial charge in [0.1, 0.15) is 10.7 Å². The normalized spacial score (nSPS) is 10.3. The maximum atomic E-state index is 11.7. The lowest BCUT2D eigenvalue weighted by atomic mass is 10.2. The van der Waals surface area contributed by atoms with Crippen molar-refractivity contribution in [2.24, 2.45) is 0 Å². The number of anilines is 2. The Morgan fingerprint density at radius 1 is 1.30 bits per heavy atom. The summed E-state index contributed by atoms with van der Waals surface area (Å²) < 4.78 is 4.58. The van der Waals surface area contributed by atoms with Gasteiger partial charge in [-0.15, -0.1) is 0 Å². The molecule has 0 aliphatic heterocycles. The van der Waals surface area contributed by atoms with Crippen LogP contribution < -0.4 is 4.90 Å². The lowest BCUT2D eigenvalue weighted by Crippen LogP contribution is -2.16. The smallest absolute Gasteiger partial charge is 0.358 e. The number of nitro groups is 1. The summed E-state index contributed by atoms with van der Waals surface area (Å²) >= 11 is 11.9. The summed E-state index contributed by atoms with van der Waals surface area (Å²) in [4.78, 5) is 31.3. The molecule has 23 heavy (non-hydrogen) atoms. The van der Waals surface area contributed by atoms with Crippen molar-refractivity contribution in [2.45, 2.75) is 0 Å². The Kier molecular flexibility index (Phi) is 4.97. The van der Waals surface area contributed by atoms with Crippen LogP contribution in [0.3, 0.4) is 0 Å². The number of carbonyl (C=O) groups is 1. The van der Waals surface area contributed by atoms with Crippen LogP contribution in [0.15, 0.2) is 24.3 Å². The standard InChI is InChI=1S/C13H10Cl2N4O4/c1-18(7-5-3-4-6-8(7)19(21)22)11-9(14)10(12(20)23-2)16-13(15)17-11/h3-6H,1-2H3. The fourth-order valence-electron chi connectivity index (χ4n) is 1.88. The van der Waals surface area contributed by atoms with Crippen molar-refractivity contribution in [3.63, 3.8) is 0 Å². The maximum Gasteiger partial charge on any atom is 0.358 e. The molecule has 2 aromatic rings. The Balaban J connectivity index is 2.61. The molecule has 1 aromatic heterocycles. The highest BCUT2D eigenvalue weighted by Gasteiger charge is 2.25. The zero-order valence-electron chi connectivity index (χ0n) is 12.0. The molecule has 0 fully saturated rings. The van der Waals surface area contributed by atoms with E-state index in [-0.39, 0.29) is 33.2 Å². The maximum absolute atomic E-state index is 11.7. The third-order valence-corrected chi connectivity index (χ3v) is 3.46. The first-order chi connectivity index (χ1) is 10.9. The van der Waals surface area contributed by atoms with Gasteiger partial charge >= 0.3 is 5.97 Å². The molecule has 0 radical (unpaired) electrons. The molecular weight excluding hydrogens is 347 g/mol. The van der Waals surface area contributed by atoms with Crippen molar-refractivity contribution in [1.29, 1.82) is 0 Å². The molecule has 0 atom stereocenters. The van der Waals surface area contributed by atoms with Crippen LogP contribution in [-0.4, -0.2) is 35.0 Å². The molecule has 120 valence electrons. The second-order valence-corrected chi connectivity index (χ2v) is 4.99. The Bertz CT molecular complexity index is 785. The van der Waals surface area contributed by atoms with Gasteiger partial charge in [-0.05, 0) is 17.7 Å². The van der Waals surface area contributed by atoms with E-state index in [1.54, 1.807) is 6.07 Å². The van der Waals surface area contributed by atoms with E-state index >= 15 is 0 Å². The van der Waals surface area contributed by atoms with Crippen LogP contribution in [0.5, 0.6) is 0 Å². The topological polar surface area (TPSA) is 98.5 Å². The molecule has 0 saturated carbocycles. The summed E-state index contributed by atoms with van der Waals surface area (Å²) in [6.07, 6.45) is 0. The van der Waals surface area contributed by atoms with E-state index in [0.717, 1.165) is 0 Å². The van der Waals surface area contributed by atoms with Gasteiger partial charge in [0.15, 0.2) is 11.5 Å². The predicted octanol–water partition coefficient (Wildman–Crippen LogP) is 3.25. The van der Waals surface area contributed by atoms with Crippen molar-refractivity contribution < 1.29 is 14.5 Å². The summed E-state index contributed by atoms with van der Waals surface area (Å²) in [5, 5.41) is 10.8. The number of ether oxygens (including phenoxy) is 1. The van der Waals surface area contributed by atoms with Crippen LogP contribution in [-0.2, 0) is 4.74 Å². The van der Waals surface area contributed by atoms with Gasteiger partial charge in [-0.2, -0.15) is 4.98 Å². The van der Waals surface area contributed by atoms with Crippen LogP contribution in [0.25, 0.3) is 0 Å². The molecule has 0 saturated heterocycles. The molecule has 0 N–H and O–H groups in total. The first kappa shape index (κ1) is 16.9. The van der Waals surface area contributed by atoms with Crippen molar-refractivity contribution in [3.05, 3.63) is 50.4 Å². The van der Waals surface area contributed by atoms with E-state index in [9.17, 15) is 14.9 Å². The number of aromatic nitrogens is 2. The Hall–Kier alpha value is -2.45. The van der Waals surface area contributed by atoms with Crippen LogP contribution in [0, 0.1) is 10.1 Å². The zero-order chi connectivity index (χ0) is 17.1. The minimum atomic E-state index is -0.795. The second-order valence-electron chi connectivity index (χ2n) is 4.28. The SMILES string of the molecule is COC(=O)c1nc(Cl)nc(N(C)c2ccccc2[N+](=O)[O-])c1Cl. The van der Waals surface area contributed by atoms with Crippen LogP contribution >= 0.6 is 23.2 Å². The van der Waals surface area contributed by atoms with E-state index < -0.39 is 10.9 Å². The number of benzene rings is 1. The molecule has 0 spiro atoms. The van der Waals surface area contributed by atoms with Crippen molar-refractivity contribution in [3.8, 4) is 0 Å². The van der Waals surface area contributed by atoms with E-state index in [2.05, 4.69) is 14.7 Å². The Labute approximate surface area is 140 Å². The summed E-state index contributed by atoms with van der Waals surface area (Å²) in [6, 6.07) is 6.01. The molecule has 0 bridgehead atoms. The Morgan fingerprint density at radius 2 is 1.96 bits per heavy atom. The third-order valence-electron chi connectivity index (χ3n) is 2.94. The van der Waals surface area contributed by atoms with Crippen LogP contribution in [0.4, 0.5) is 17.2 Å². The Morgan fingerprint density at radius 3 is 2.57 bits per heavy atom. The van der Waals surface area contributed by atoms with E-state index in [4.69, 9.17) is 23.2 Å². The van der Waals surface area contributed by atoms with Crippen molar-refractivity contribution in [1.82, 2.24) is 9.97 Å². The number of methoxy groups -OCH3 is 1. The average molecular weight is 357 g/mol. The van der Waals surface area contributed by atoms with Gasteiger partial charge in [-0.3, -0.25) is 10.1 Å². The number of nitro benzene ring substituents is 1. The number of carbonyl (C=O) groups excluding carboxylic acids is 1. The largest absolute Gasteiger partial charge is 0.464 e. The lowest BCUT2D eigenvalue weighted by molar-refractivity contribution is -0.384. The molecule has 10 heteroatoms. The second kappa shape index (κ2) is 6.76. The van der Waals surface area contributed by atoms with Crippen molar-refractivity contribution >= 4 is 46.4 Å². The van der Waals surface area contributed by atoms with Crippen LogP contribution in [0.1, 0.15) is 10.5 Å². The van der Waals surface area contributed by atoms with Gasteiger partial charge in [0.05, 0.1) is 12.0 Å². The number of hydrogen-bond donors (Lipinski definition) is 0. The van der Waals surface area contributed by atoms with Gasteiger partial charge in [0, 0.05) is 13.1 Å². The summed E-state index contributed by atoms with van der Waals surface area (Å²) in [7, 11) is 2.67.